The van der Waals surface area contributed by atoms with Crippen LogP contribution in [0.25, 0.3) is 0 Å². The first-order valence-corrected chi connectivity index (χ1v) is 7.32. The highest BCUT2D eigenvalue weighted by molar-refractivity contribution is 7.98. The fourth-order valence-electron chi connectivity index (χ4n) is 1.89. The molecule has 5 heteroatoms. The molecule has 0 saturated heterocycles. The summed E-state index contributed by atoms with van der Waals surface area (Å²) >= 11 is 1.77. The Morgan fingerprint density at radius 1 is 1.61 bits per heavy atom. The predicted octanol–water partition coefficient (Wildman–Crippen LogP) is 2.67. The lowest BCUT2D eigenvalue weighted by Gasteiger charge is -2.30. The molecule has 1 aromatic rings. The molecule has 18 heavy (non-hydrogen) atoms. The molecule has 0 amide bonds. The van der Waals surface area contributed by atoms with E-state index in [0.717, 1.165) is 23.6 Å². The van der Waals surface area contributed by atoms with Gasteiger partial charge < -0.3 is 10.0 Å². The van der Waals surface area contributed by atoms with Crippen molar-refractivity contribution in [2.45, 2.75) is 26.3 Å². The van der Waals surface area contributed by atoms with Gasteiger partial charge in [-0.25, -0.2) is 4.79 Å². The molecule has 0 aromatic carbocycles. The molecule has 1 unspecified atom stereocenters. The topological polar surface area (TPSA) is 53.4 Å². The Balaban J connectivity index is 3.13. The molecule has 0 radical (unpaired) electrons. The van der Waals surface area contributed by atoms with Crippen LogP contribution >= 0.6 is 11.8 Å². The highest BCUT2D eigenvalue weighted by Gasteiger charge is 2.19. The monoisotopic (exact) mass is 268 g/mol. The standard InChI is InChI=1S/C13H20N2O2S/c1-5-10(8-18-4)15(3)12-6-9(2)14-7-11(12)13(16)17/h6-7,10H,5,8H2,1-4H3,(H,16,17). The van der Waals surface area contributed by atoms with Crippen LogP contribution in [0.5, 0.6) is 0 Å². The summed E-state index contributed by atoms with van der Waals surface area (Å²) in [5.41, 5.74) is 1.85. The van der Waals surface area contributed by atoms with E-state index in [2.05, 4.69) is 23.1 Å². The molecule has 0 saturated carbocycles. The summed E-state index contributed by atoms with van der Waals surface area (Å²) in [7, 11) is 1.95. The molecule has 0 aliphatic heterocycles. The van der Waals surface area contributed by atoms with Gasteiger partial charge in [0.25, 0.3) is 0 Å². The lowest BCUT2D eigenvalue weighted by molar-refractivity contribution is 0.0697. The number of hydrogen-bond donors (Lipinski definition) is 1. The molecule has 100 valence electrons. The van der Waals surface area contributed by atoms with E-state index in [1.165, 1.54) is 6.20 Å². The summed E-state index contributed by atoms with van der Waals surface area (Å²) in [5, 5.41) is 9.22. The minimum atomic E-state index is -0.927. The van der Waals surface area contributed by atoms with Gasteiger partial charge in [-0.2, -0.15) is 11.8 Å². The summed E-state index contributed by atoms with van der Waals surface area (Å²) < 4.78 is 0. The molecular formula is C13H20N2O2S. The fraction of sp³-hybridized carbons (Fsp3) is 0.538. The summed E-state index contributed by atoms with van der Waals surface area (Å²) in [5.74, 6) is 0.0521. The largest absolute Gasteiger partial charge is 0.478 e. The normalized spacial score (nSPS) is 12.2. The smallest absolute Gasteiger partial charge is 0.339 e. The van der Waals surface area contributed by atoms with Crippen LogP contribution in [0.4, 0.5) is 5.69 Å². The van der Waals surface area contributed by atoms with Crippen LogP contribution in [0, 0.1) is 6.92 Å². The third kappa shape index (κ3) is 3.38. The van der Waals surface area contributed by atoms with Crippen molar-refractivity contribution >= 4 is 23.4 Å². The number of carboxylic acids is 1. The number of pyridine rings is 1. The van der Waals surface area contributed by atoms with Crippen molar-refractivity contribution in [2.75, 3.05) is 24.0 Å². The van der Waals surface area contributed by atoms with E-state index in [1.54, 1.807) is 11.8 Å². The van der Waals surface area contributed by atoms with Crippen LogP contribution in [-0.2, 0) is 0 Å². The fourth-order valence-corrected chi connectivity index (χ4v) is 2.74. The van der Waals surface area contributed by atoms with Gasteiger partial charge in [-0.05, 0) is 25.7 Å². The third-order valence-electron chi connectivity index (χ3n) is 3.01. The van der Waals surface area contributed by atoms with E-state index in [4.69, 9.17) is 0 Å². The first-order chi connectivity index (χ1) is 8.51. The number of hydrogen-bond acceptors (Lipinski definition) is 4. The van der Waals surface area contributed by atoms with Gasteiger partial charge in [0.05, 0.1) is 5.69 Å². The van der Waals surface area contributed by atoms with Crippen molar-refractivity contribution in [3.63, 3.8) is 0 Å². The van der Waals surface area contributed by atoms with Crippen molar-refractivity contribution < 1.29 is 9.90 Å². The van der Waals surface area contributed by atoms with Gasteiger partial charge in [-0.3, -0.25) is 4.98 Å². The number of anilines is 1. The summed E-state index contributed by atoms with van der Waals surface area (Å²) in [6, 6.07) is 2.17. The maximum Gasteiger partial charge on any atom is 0.339 e. The maximum atomic E-state index is 11.2. The molecule has 1 rings (SSSR count). The van der Waals surface area contributed by atoms with Crippen LogP contribution in [0.15, 0.2) is 12.3 Å². The molecule has 1 heterocycles. The van der Waals surface area contributed by atoms with Crippen molar-refractivity contribution in [3.8, 4) is 0 Å². The molecule has 0 spiro atoms. The molecule has 0 aliphatic carbocycles. The molecule has 4 nitrogen and oxygen atoms in total. The molecule has 0 fully saturated rings. The van der Waals surface area contributed by atoms with Crippen molar-refractivity contribution in [1.82, 2.24) is 4.98 Å². The van der Waals surface area contributed by atoms with Crippen molar-refractivity contribution in [1.29, 1.82) is 0 Å². The number of rotatable bonds is 6. The van der Waals surface area contributed by atoms with E-state index in [9.17, 15) is 9.90 Å². The first kappa shape index (κ1) is 14.8. The zero-order chi connectivity index (χ0) is 13.7. The number of aromatic nitrogens is 1. The number of aromatic carboxylic acids is 1. The van der Waals surface area contributed by atoms with Crippen LogP contribution < -0.4 is 4.90 Å². The Morgan fingerprint density at radius 3 is 2.78 bits per heavy atom. The summed E-state index contributed by atoms with van der Waals surface area (Å²) in [6.07, 6.45) is 4.49. The lowest BCUT2D eigenvalue weighted by atomic mass is 10.1. The van der Waals surface area contributed by atoms with Gasteiger partial charge in [0.15, 0.2) is 0 Å². The molecule has 0 bridgehead atoms. The Morgan fingerprint density at radius 2 is 2.28 bits per heavy atom. The lowest BCUT2D eigenvalue weighted by Crippen LogP contribution is -2.34. The zero-order valence-corrected chi connectivity index (χ0v) is 12.1. The Kier molecular flexibility index (Phi) is 5.47. The van der Waals surface area contributed by atoms with E-state index in [0.29, 0.717) is 6.04 Å². The van der Waals surface area contributed by atoms with Crippen LogP contribution in [-0.4, -0.2) is 41.2 Å². The van der Waals surface area contributed by atoms with Gasteiger partial charge in [0, 0.05) is 30.7 Å². The van der Waals surface area contributed by atoms with Crippen LogP contribution in [0.3, 0.4) is 0 Å². The molecular weight excluding hydrogens is 248 g/mol. The average molecular weight is 268 g/mol. The minimum absolute atomic E-state index is 0.266. The number of thioether (sulfide) groups is 1. The van der Waals surface area contributed by atoms with Gasteiger partial charge in [0.1, 0.15) is 5.56 Å². The predicted molar refractivity (Wildman–Crippen MR) is 76.8 cm³/mol. The van der Waals surface area contributed by atoms with E-state index < -0.39 is 5.97 Å². The Hall–Kier alpha value is -1.23. The Labute approximate surface area is 112 Å². The van der Waals surface area contributed by atoms with Crippen LogP contribution in [0.1, 0.15) is 29.4 Å². The number of aryl methyl sites for hydroxylation is 1. The van der Waals surface area contributed by atoms with E-state index in [-0.39, 0.29) is 5.56 Å². The second-order valence-electron chi connectivity index (χ2n) is 4.28. The van der Waals surface area contributed by atoms with Gasteiger partial charge in [-0.1, -0.05) is 6.92 Å². The first-order valence-electron chi connectivity index (χ1n) is 5.93. The molecule has 0 aliphatic rings. The SMILES string of the molecule is CCC(CSC)N(C)c1cc(C)ncc1C(=O)O. The Bertz CT molecular complexity index is 423. The second kappa shape index (κ2) is 6.64. The highest BCUT2D eigenvalue weighted by Crippen LogP contribution is 2.24. The summed E-state index contributed by atoms with van der Waals surface area (Å²) in [6.45, 7) is 3.99. The molecule has 1 N–H and O–H groups in total. The van der Waals surface area contributed by atoms with Gasteiger partial charge in [0.2, 0.25) is 0 Å². The number of carboxylic acid groups (broad SMARTS) is 1. The zero-order valence-electron chi connectivity index (χ0n) is 11.3. The van der Waals surface area contributed by atoms with E-state index in [1.807, 2.05) is 20.0 Å². The highest BCUT2D eigenvalue weighted by atomic mass is 32.2. The quantitative estimate of drug-likeness (QED) is 0.859. The second-order valence-corrected chi connectivity index (χ2v) is 5.19. The third-order valence-corrected chi connectivity index (χ3v) is 3.73. The van der Waals surface area contributed by atoms with Crippen molar-refractivity contribution in [2.24, 2.45) is 0 Å². The number of nitrogens with zero attached hydrogens (tertiary/aromatic N) is 2. The minimum Gasteiger partial charge on any atom is -0.478 e. The van der Waals surface area contributed by atoms with Gasteiger partial charge in [-0.15, -0.1) is 0 Å². The van der Waals surface area contributed by atoms with E-state index >= 15 is 0 Å². The summed E-state index contributed by atoms with van der Waals surface area (Å²) in [4.78, 5) is 17.3. The van der Waals surface area contributed by atoms with Crippen LogP contribution in [0.2, 0.25) is 0 Å². The number of carbonyl (C=O) groups is 1. The van der Waals surface area contributed by atoms with Crippen molar-refractivity contribution in [3.05, 3.63) is 23.5 Å². The molecule has 1 aromatic heterocycles. The maximum absolute atomic E-state index is 11.2. The average Bonchev–Trinajstić information content (AvgIpc) is 2.34. The molecule has 1 atom stereocenters. The van der Waals surface area contributed by atoms with Gasteiger partial charge >= 0.3 is 5.97 Å².